The lowest BCUT2D eigenvalue weighted by Gasteiger charge is -2.33. The normalized spacial score (nSPS) is 12.8. The Morgan fingerprint density at radius 1 is 1.23 bits per heavy atom. The topological polar surface area (TPSA) is 83.3 Å². The number of anilines is 1. The molecule has 0 fully saturated rings. The molecule has 160 valence electrons. The van der Waals surface area contributed by atoms with Crippen molar-refractivity contribution < 1.29 is 18.7 Å². The molecule has 0 aliphatic heterocycles. The van der Waals surface area contributed by atoms with Gasteiger partial charge in [-0.05, 0) is 25.2 Å². The first-order valence-corrected chi connectivity index (χ1v) is 8.89. The first-order valence-electron chi connectivity index (χ1n) is 8.89. The molecular formula is C20H22ClF2N5O2. The number of rotatable bonds is 8. The second-order valence-corrected chi connectivity index (χ2v) is 6.84. The maximum absolute atomic E-state index is 14.4. The summed E-state index contributed by atoms with van der Waals surface area (Å²) in [5.74, 6) is -1.92. The predicted octanol–water partition coefficient (Wildman–Crippen LogP) is 2.44. The van der Waals surface area contributed by atoms with Crippen LogP contribution in [0.1, 0.15) is 5.56 Å². The van der Waals surface area contributed by atoms with E-state index in [-0.39, 0.29) is 43.5 Å². The molecule has 7 nitrogen and oxygen atoms in total. The summed E-state index contributed by atoms with van der Waals surface area (Å²) in [4.78, 5) is 17.7. The third-order valence-corrected chi connectivity index (χ3v) is 4.33. The summed E-state index contributed by atoms with van der Waals surface area (Å²) in [6.45, 7) is -0.269. The Morgan fingerprint density at radius 3 is 2.60 bits per heavy atom. The Balaban J connectivity index is 0.00000320. The Hall–Kier alpha value is -2.88. The minimum atomic E-state index is -1.77. The van der Waals surface area contributed by atoms with E-state index in [1.807, 2.05) is 6.07 Å². The van der Waals surface area contributed by atoms with Gasteiger partial charge in [-0.15, -0.1) is 12.4 Å². The van der Waals surface area contributed by atoms with Crippen LogP contribution in [0.25, 0.3) is 0 Å². The van der Waals surface area contributed by atoms with E-state index in [1.165, 1.54) is 23.4 Å². The summed E-state index contributed by atoms with van der Waals surface area (Å²) in [5, 5.41) is 18.0. The highest BCUT2D eigenvalue weighted by Crippen LogP contribution is 2.27. The van der Waals surface area contributed by atoms with Gasteiger partial charge >= 0.3 is 0 Å². The van der Waals surface area contributed by atoms with E-state index in [2.05, 4.69) is 15.4 Å². The standard InChI is InChI=1S/C20H21F2N5O2.ClH/c1-26(10-19(28)25-16-5-3-2-4-6-16)11-20(29,12-27-14-23-13-24-27)17-8-7-15(21)9-18(17)22;/h2-9,13-14,29H,10-12H2,1H3,(H,25,28);1H. The van der Waals surface area contributed by atoms with E-state index in [1.54, 1.807) is 36.2 Å². The average molecular weight is 438 g/mol. The Bertz CT molecular complexity index is 959. The van der Waals surface area contributed by atoms with Crippen LogP contribution in [-0.2, 0) is 16.9 Å². The van der Waals surface area contributed by atoms with Crippen molar-refractivity contribution in [3.8, 4) is 0 Å². The van der Waals surface area contributed by atoms with E-state index in [4.69, 9.17) is 0 Å². The summed E-state index contributed by atoms with van der Waals surface area (Å²) in [6, 6.07) is 11.9. The van der Waals surface area contributed by atoms with Gasteiger partial charge in [-0.3, -0.25) is 9.69 Å². The van der Waals surface area contributed by atoms with E-state index in [0.717, 1.165) is 6.07 Å². The fraction of sp³-hybridized carbons (Fsp3) is 0.250. The molecule has 1 aromatic heterocycles. The zero-order valence-electron chi connectivity index (χ0n) is 16.2. The minimum Gasteiger partial charge on any atom is -0.382 e. The number of amides is 1. The number of benzene rings is 2. The van der Waals surface area contributed by atoms with Gasteiger partial charge in [0.15, 0.2) is 0 Å². The molecule has 0 radical (unpaired) electrons. The zero-order chi connectivity index (χ0) is 20.9. The van der Waals surface area contributed by atoms with Gasteiger partial charge in [-0.2, -0.15) is 5.10 Å². The van der Waals surface area contributed by atoms with Crippen LogP contribution in [-0.4, -0.2) is 50.8 Å². The van der Waals surface area contributed by atoms with Crippen molar-refractivity contribution in [3.05, 3.63) is 78.4 Å². The van der Waals surface area contributed by atoms with Crippen LogP contribution in [0.5, 0.6) is 0 Å². The first kappa shape index (κ1) is 23.4. The average Bonchev–Trinajstić information content (AvgIpc) is 3.14. The molecule has 0 saturated carbocycles. The van der Waals surface area contributed by atoms with Gasteiger partial charge < -0.3 is 10.4 Å². The molecule has 30 heavy (non-hydrogen) atoms. The zero-order valence-corrected chi connectivity index (χ0v) is 17.0. The summed E-state index contributed by atoms with van der Waals surface area (Å²) in [7, 11) is 1.62. The lowest BCUT2D eigenvalue weighted by molar-refractivity contribution is -0.118. The SMILES string of the molecule is CN(CC(=O)Nc1ccccc1)CC(O)(Cn1cncn1)c1ccc(F)cc1F.Cl. The van der Waals surface area contributed by atoms with Crippen molar-refractivity contribution in [1.29, 1.82) is 0 Å². The smallest absolute Gasteiger partial charge is 0.238 e. The second-order valence-electron chi connectivity index (χ2n) is 6.84. The molecule has 0 saturated heterocycles. The molecule has 1 amide bonds. The van der Waals surface area contributed by atoms with Gasteiger partial charge in [-0.25, -0.2) is 18.4 Å². The molecule has 0 aliphatic rings. The summed E-state index contributed by atoms with van der Waals surface area (Å²) < 4.78 is 29.1. The monoisotopic (exact) mass is 437 g/mol. The van der Waals surface area contributed by atoms with Crippen molar-refractivity contribution in [1.82, 2.24) is 19.7 Å². The fourth-order valence-corrected chi connectivity index (χ4v) is 3.14. The van der Waals surface area contributed by atoms with E-state index in [0.29, 0.717) is 11.8 Å². The Morgan fingerprint density at radius 2 is 1.97 bits per heavy atom. The molecular weight excluding hydrogens is 416 g/mol. The highest BCUT2D eigenvalue weighted by atomic mass is 35.5. The second kappa shape index (κ2) is 10.2. The number of likely N-dealkylation sites (N-methyl/N-ethyl adjacent to an activating group) is 1. The molecule has 3 aromatic rings. The van der Waals surface area contributed by atoms with Gasteiger partial charge in [0.05, 0.1) is 13.1 Å². The molecule has 10 heteroatoms. The van der Waals surface area contributed by atoms with Gasteiger partial charge in [0, 0.05) is 23.9 Å². The van der Waals surface area contributed by atoms with E-state index < -0.39 is 17.2 Å². The molecule has 1 unspecified atom stereocenters. The van der Waals surface area contributed by atoms with Gasteiger partial charge in [0.25, 0.3) is 0 Å². The summed E-state index contributed by atoms with van der Waals surface area (Å²) >= 11 is 0. The largest absolute Gasteiger partial charge is 0.382 e. The maximum Gasteiger partial charge on any atom is 0.238 e. The quantitative estimate of drug-likeness (QED) is 0.565. The fourth-order valence-electron chi connectivity index (χ4n) is 3.14. The molecule has 3 rings (SSSR count). The summed E-state index contributed by atoms with van der Waals surface area (Å²) in [5.41, 5.74) is -1.22. The number of para-hydroxylation sites is 1. The number of nitrogens with zero attached hydrogens (tertiary/aromatic N) is 4. The number of hydrogen-bond donors (Lipinski definition) is 2. The van der Waals surface area contributed by atoms with Crippen molar-refractivity contribution in [2.45, 2.75) is 12.1 Å². The van der Waals surface area contributed by atoms with Crippen LogP contribution in [0.2, 0.25) is 0 Å². The van der Waals surface area contributed by atoms with Crippen LogP contribution >= 0.6 is 12.4 Å². The van der Waals surface area contributed by atoms with Crippen molar-refractivity contribution in [2.24, 2.45) is 0 Å². The van der Waals surface area contributed by atoms with Crippen LogP contribution in [0.3, 0.4) is 0 Å². The van der Waals surface area contributed by atoms with Crippen LogP contribution < -0.4 is 5.32 Å². The maximum atomic E-state index is 14.4. The minimum absolute atomic E-state index is 0. The number of aliphatic hydroxyl groups is 1. The van der Waals surface area contributed by atoms with Crippen molar-refractivity contribution in [2.75, 3.05) is 25.5 Å². The Kier molecular flexibility index (Phi) is 7.99. The molecule has 0 bridgehead atoms. The highest BCUT2D eigenvalue weighted by molar-refractivity contribution is 5.92. The lowest BCUT2D eigenvalue weighted by Crippen LogP contribution is -2.45. The van der Waals surface area contributed by atoms with Crippen LogP contribution in [0, 0.1) is 11.6 Å². The molecule has 2 aromatic carbocycles. The lowest BCUT2D eigenvalue weighted by atomic mass is 9.92. The molecule has 2 N–H and O–H groups in total. The van der Waals surface area contributed by atoms with Gasteiger partial charge in [-0.1, -0.05) is 24.3 Å². The van der Waals surface area contributed by atoms with Crippen molar-refractivity contribution >= 4 is 24.0 Å². The molecule has 0 spiro atoms. The first-order chi connectivity index (χ1) is 13.9. The number of nitrogens with one attached hydrogen (secondary N) is 1. The number of hydrogen-bond acceptors (Lipinski definition) is 5. The Labute approximate surface area is 178 Å². The van der Waals surface area contributed by atoms with Crippen LogP contribution in [0.15, 0.2) is 61.2 Å². The van der Waals surface area contributed by atoms with Crippen molar-refractivity contribution in [3.63, 3.8) is 0 Å². The summed E-state index contributed by atoms with van der Waals surface area (Å²) in [6.07, 6.45) is 2.67. The predicted molar refractivity (Wildman–Crippen MR) is 110 cm³/mol. The molecule has 1 atom stereocenters. The third-order valence-electron chi connectivity index (χ3n) is 4.33. The number of carbonyl (C=O) groups excluding carboxylic acids is 1. The van der Waals surface area contributed by atoms with E-state index in [9.17, 15) is 18.7 Å². The van der Waals surface area contributed by atoms with Gasteiger partial charge in [0.1, 0.15) is 29.9 Å². The number of aromatic nitrogens is 3. The molecule has 1 heterocycles. The third kappa shape index (κ3) is 6.06. The number of carbonyl (C=O) groups is 1. The van der Waals surface area contributed by atoms with Gasteiger partial charge in [0.2, 0.25) is 5.91 Å². The highest BCUT2D eigenvalue weighted by Gasteiger charge is 2.35. The number of halogens is 3. The molecule has 0 aliphatic carbocycles. The van der Waals surface area contributed by atoms with E-state index >= 15 is 0 Å². The van der Waals surface area contributed by atoms with Crippen LogP contribution in [0.4, 0.5) is 14.5 Å².